The summed E-state index contributed by atoms with van der Waals surface area (Å²) >= 11 is 0. The van der Waals surface area contributed by atoms with Crippen molar-refractivity contribution in [3.05, 3.63) is 35.4 Å². The minimum Gasteiger partial charge on any atom is -0.478 e. The van der Waals surface area contributed by atoms with E-state index in [4.69, 9.17) is 5.11 Å². The van der Waals surface area contributed by atoms with Crippen molar-refractivity contribution in [2.45, 2.75) is 32.6 Å². The van der Waals surface area contributed by atoms with E-state index in [2.05, 4.69) is 13.8 Å². The van der Waals surface area contributed by atoms with E-state index in [1.165, 1.54) is 5.56 Å². The molecule has 14 heavy (non-hydrogen) atoms. The predicted octanol–water partition coefficient (Wildman–Crippen LogP) is 3.29. The van der Waals surface area contributed by atoms with Crippen LogP contribution in [0.1, 0.15) is 48.5 Å². The van der Waals surface area contributed by atoms with Gasteiger partial charge in [0.05, 0.1) is 5.56 Å². The topological polar surface area (TPSA) is 37.3 Å². The molecule has 2 nitrogen and oxygen atoms in total. The molecule has 1 aromatic rings. The first kappa shape index (κ1) is 10.8. The van der Waals surface area contributed by atoms with Gasteiger partial charge >= 0.3 is 5.97 Å². The van der Waals surface area contributed by atoms with Crippen LogP contribution in [0, 0.1) is 0 Å². The van der Waals surface area contributed by atoms with Crippen molar-refractivity contribution in [1.29, 1.82) is 0 Å². The predicted molar refractivity (Wildman–Crippen MR) is 56.7 cm³/mol. The molecule has 0 aliphatic rings. The summed E-state index contributed by atoms with van der Waals surface area (Å²) in [7, 11) is 0. The van der Waals surface area contributed by atoms with Crippen molar-refractivity contribution in [3.63, 3.8) is 0 Å². The fraction of sp³-hybridized carbons (Fsp3) is 0.417. The molecule has 1 atom stereocenters. The molecule has 2 heteroatoms. The molecule has 1 N–H and O–H groups in total. The van der Waals surface area contributed by atoms with E-state index in [0.29, 0.717) is 11.5 Å². The Hall–Kier alpha value is -1.31. The zero-order valence-electron chi connectivity index (χ0n) is 8.66. The molecule has 0 unspecified atom stereocenters. The molecule has 0 bridgehead atoms. The van der Waals surface area contributed by atoms with Gasteiger partial charge in [0.2, 0.25) is 0 Å². The molecular formula is C12H16O2. The SMILES string of the molecule is CCC[C@@H](C)c1ccc(C(=O)O)cc1. The Morgan fingerprint density at radius 3 is 2.36 bits per heavy atom. The van der Waals surface area contributed by atoms with Crippen molar-refractivity contribution in [1.82, 2.24) is 0 Å². The zero-order valence-corrected chi connectivity index (χ0v) is 8.66. The Morgan fingerprint density at radius 2 is 1.93 bits per heavy atom. The van der Waals surface area contributed by atoms with Gasteiger partial charge in [-0.15, -0.1) is 0 Å². The van der Waals surface area contributed by atoms with Crippen molar-refractivity contribution >= 4 is 5.97 Å². The number of benzene rings is 1. The highest BCUT2D eigenvalue weighted by atomic mass is 16.4. The Labute approximate surface area is 84.6 Å². The Balaban J connectivity index is 2.77. The molecule has 76 valence electrons. The van der Waals surface area contributed by atoms with Crippen molar-refractivity contribution in [2.75, 3.05) is 0 Å². The van der Waals surface area contributed by atoms with Gasteiger partial charge in [-0.2, -0.15) is 0 Å². The number of carboxylic acid groups (broad SMARTS) is 1. The van der Waals surface area contributed by atoms with E-state index in [1.807, 2.05) is 12.1 Å². The molecule has 0 heterocycles. The maximum Gasteiger partial charge on any atom is 0.335 e. The quantitative estimate of drug-likeness (QED) is 0.794. The fourth-order valence-corrected chi connectivity index (χ4v) is 1.55. The van der Waals surface area contributed by atoms with Gasteiger partial charge in [-0.3, -0.25) is 0 Å². The van der Waals surface area contributed by atoms with Crippen molar-refractivity contribution in [2.24, 2.45) is 0 Å². The van der Waals surface area contributed by atoms with Gasteiger partial charge in [0.15, 0.2) is 0 Å². The monoisotopic (exact) mass is 192 g/mol. The third kappa shape index (κ3) is 2.59. The van der Waals surface area contributed by atoms with Crippen LogP contribution >= 0.6 is 0 Å². The summed E-state index contributed by atoms with van der Waals surface area (Å²) in [6.07, 6.45) is 2.30. The minimum atomic E-state index is -0.861. The van der Waals surface area contributed by atoms with E-state index >= 15 is 0 Å². The molecule has 0 aromatic heterocycles. The van der Waals surface area contributed by atoms with Crippen LogP contribution in [0.15, 0.2) is 24.3 Å². The Bertz CT molecular complexity index is 301. The Morgan fingerprint density at radius 1 is 1.36 bits per heavy atom. The smallest absolute Gasteiger partial charge is 0.335 e. The normalized spacial score (nSPS) is 12.4. The van der Waals surface area contributed by atoms with E-state index in [9.17, 15) is 4.79 Å². The van der Waals surface area contributed by atoms with E-state index in [1.54, 1.807) is 12.1 Å². The molecule has 0 saturated carbocycles. The van der Waals surface area contributed by atoms with Crippen LogP contribution in [0.25, 0.3) is 0 Å². The molecule has 0 saturated heterocycles. The molecule has 0 radical (unpaired) electrons. The van der Waals surface area contributed by atoms with Gasteiger partial charge in [0, 0.05) is 0 Å². The summed E-state index contributed by atoms with van der Waals surface area (Å²) in [5.74, 6) is -0.345. The third-order valence-corrected chi connectivity index (χ3v) is 2.45. The van der Waals surface area contributed by atoms with E-state index in [-0.39, 0.29) is 0 Å². The van der Waals surface area contributed by atoms with E-state index < -0.39 is 5.97 Å². The van der Waals surface area contributed by atoms with Crippen LogP contribution in [0.5, 0.6) is 0 Å². The minimum absolute atomic E-state index is 0.359. The third-order valence-electron chi connectivity index (χ3n) is 2.45. The van der Waals surface area contributed by atoms with Gasteiger partial charge in [-0.05, 0) is 30.0 Å². The second-order valence-corrected chi connectivity index (χ2v) is 3.62. The molecule has 0 aliphatic heterocycles. The van der Waals surface area contributed by atoms with Crippen LogP contribution in [-0.2, 0) is 0 Å². The molecule has 1 rings (SSSR count). The lowest BCUT2D eigenvalue weighted by atomic mass is 9.96. The molecule has 0 fully saturated rings. The largest absolute Gasteiger partial charge is 0.478 e. The molecule has 1 aromatic carbocycles. The highest BCUT2D eigenvalue weighted by molar-refractivity contribution is 5.87. The van der Waals surface area contributed by atoms with Crippen LogP contribution in [0.4, 0.5) is 0 Å². The van der Waals surface area contributed by atoms with Gasteiger partial charge in [-0.25, -0.2) is 4.79 Å². The standard InChI is InChI=1S/C12H16O2/c1-3-4-9(2)10-5-7-11(8-6-10)12(13)14/h5-9H,3-4H2,1-2H3,(H,13,14)/t9-/m1/s1. The maximum atomic E-state index is 10.6. The average molecular weight is 192 g/mol. The lowest BCUT2D eigenvalue weighted by Crippen LogP contribution is -1.98. The van der Waals surface area contributed by atoms with E-state index in [0.717, 1.165) is 12.8 Å². The molecule has 0 amide bonds. The first-order valence-corrected chi connectivity index (χ1v) is 4.98. The number of rotatable bonds is 4. The fourth-order valence-electron chi connectivity index (χ4n) is 1.55. The number of carbonyl (C=O) groups is 1. The van der Waals surface area contributed by atoms with Crippen molar-refractivity contribution < 1.29 is 9.90 Å². The molecule has 0 spiro atoms. The summed E-state index contributed by atoms with van der Waals surface area (Å²) in [5.41, 5.74) is 1.58. The number of aromatic carboxylic acids is 1. The van der Waals surface area contributed by atoms with Crippen LogP contribution in [0.3, 0.4) is 0 Å². The van der Waals surface area contributed by atoms with Gasteiger partial charge in [0.1, 0.15) is 0 Å². The highest BCUT2D eigenvalue weighted by Gasteiger charge is 2.06. The summed E-state index contributed by atoms with van der Waals surface area (Å²) in [6, 6.07) is 7.15. The van der Waals surface area contributed by atoms with Crippen LogP contribution in [0.2, 0.25) is 0 Å². The van der Waals surface area contributed by atoms with Gasteiger partial charge < -0.3 is 5.11 Å². The summed E-state index contributed by atoms with van der Waals surface area (Å²) in [5, 5.41) is 8.72. The first-order chi connectivity index (χ1) is 6.65. The maximum absolute atomic E-state index is 10.6. The Kier molecular flexibility index (Phi) is 3.69. The number of hydrogen-bond donors (Lipinski definition) is 1. The molecular weight excluding hydrogens is 176 g/mol. The van der Waals surface area contributed by atoms with Crippen LogP contribution < -0.4 is 0 Å². The lowest BCUT2D eigenvalue weighted by molar-refractivity contribution is 0.0697. The second-order valence-electron chi connectivity index (χ2n) is 3.62. The highest BCUT2D eigenvalue weighted by Crippen LogP contribution is 2.20. The van der Waals surface area contributed by atoms with Gasteiger partial charge in [-0.1, -0.05) is 32.4 Å². The number of carboxylic acids is 1. The number of hydrogen-bond acceptors (Lipinski definition) is 1. The summed E-state index contributed by atoms with van der Waals surface area (Å²) < 4.78 is 0. The lowest BCUT2D eigenvalue weighted by Gasteiger charge is -2.10. The van der Waals surface area contributed by atoms with Crippen molar-refractivity contribution in [3.8, 4) is 0 Å². The zero-order chi connectivity index (χ0) is 10.6. The van der Waals surface area contributed by atoms with Gasteiger partial charge in [0.25, 0.3) is 0 Å². The summed E-state index contributed by atoms with van der Waals surface area (Å²) in [4.78, 5) is 10.6. The first-order valence-electron chi connectivity index (χ1n) is 4.98. The average Bonchev–Trinajstić information content (AvgIpc) is 2.18. The second kappa shape index (κ2) is 4.80. The molecule has 0 aliphatic carbocycles. The summed E-state index contributed by atoms with van der Waals surface area (Å²) in [6.45, 7) is 4.32. The van der Waals surface area contributed by atoms with Crippen LogP contribution in [-0.4, -0.2) is 11.1 Å².